The van der Waals surface area contributed by atoms with Crippen molar-refractivity contribution in [2.75, 3.05) is 26.7 Å². The van der Waals surface area contributed by atoms with Crippen molar-refractivity contribution in [2.24, 2.45) is 0 Å². The zero-order valence-electron chi connectivity index (χ0n) is 20.7. The SMILES string of the molecule is CCCCCCN(C(=O)CNC(=O)OC(C)(C)C)C(C(=O)NCC(=O)OC)c1ccccc1O. The number of hydrogen-bond acceptors (Lipinski definition) is 7. The van der Waals surface area contributed by atoms with Crippen LogP contribution in [0.4, 0.5) is 4.79 Å². The van der Waals surface area contributed by atoms with E-state index in [-0.39, 0.29) is 17.9 Å². The molecule has 0 saturated heterocycles. The maximum atomic E-state index is 13.2. The van der Waals surface area contributed by atoms with Gasteiger partial charge in [-0.25, -0.2) is 4.79 Å². The zero-order valence-corrected chi connectivity index (χ0v) is 20.7. The molecule has 10 heteroatoms. The minimum atomic E-state index is -1.22. The monoisotopic (exact) mass is 479 g/mol. The fourth-order valence-electron chi connectivity index (χ4n) is 3.17. The molecular formula is C24H37N3O7. The number of ether oxygens (including phenoxy) is 2. The summed E-state index contributed by atoms with van der Waals surface area (Å²) >= 11 is 0. The second kappa shape index (κ2) is 14.1. The van der Waals surface area contributed by atoms with Crippen molar-refractivity contribution < 1.29 is 33.8 Å². The Kier molecular flexibility index (Phi) is 11.9. The summed E-state index contributed by atoms with van der Waals surface area (Å²) in [4.78, 5) is 51.2. The van der Waals surface area contributed by atoms with Crippen LogP contribution in [0.2, 0.25) is 0 Å². The van der Waals surface area contributed by atoms with Gasteiger partial charge in [0.05, 0.1) is 7.11 Å². The molecule has 0 radical (unpaired) electrons. The minimum absolute atomic E-state index is 0.174. The summed E-state index contributed by atoms with van der Waals surface area (Å²) < 4.78 is 9.75. The fraction of sp³-hybridized carbons (Fsp3) is 0.583. The molecule has 10 nitrogen and oxygen atoms in total. The van der Waals surface area contributed by atoms with E-state index in [9.17, 15) is 24.3 Å². The van der Waals surface area contributed by atoms with E-state index in [1.54, 1.807) is 32.9 Å². The Morgan fingerprint density at radius 3 is 2.29 bits per heavy atom. The van der Waals surface area contributed by atoms with Crippen LogP contribution >= 0.6 is 0 Å². The third-order valence-electron chi connectivity index (χ3n) is 4.78. The van der Waals surface area contributed by atoms with Crippen LogP contribution in [0.3, 0.4) is 0 Å². The van der Waals surface area contributed by atoms with Crippen LogP contribution in [0.15, 0.2) is 24.3 Å². The highest BCUT2D eigenvalue weighted by molar-refractivity contribution is 5.92. The number of hydrogen-bond donors (Lipinski definition) is 3. The van der Waals surface area contributed by atoms with Gasteiger partial charge < -0.3 is 30.1 Å². The molecule has 3 N–H and O–H groups in total. The molecule has 1 atom stereocenters. The lowest BCUT2D eigenvalue weighted by molar-refractivity contribution is -0.143. The Morgan fingerprint density at radius 2 is 1.71 bits per heavy atom. The van der Waals surface area contributed by atoms with E-state index in [0.29, 0.717) is 6.42 Å². The molecule has 34 heavy (non-hydrogen) atoms. The van der Waals surface area contributed by atoms with Crippen LogP contribution in [-0.4, -0.2) is 66.2 Å². The number of carbonyl (C=O) groups excluding carboxylic acids is 4. The quantitative estimate of drug-likeness (QED) is 0.310. The van der Waals surface area contributed by atoms with E-state index in [4.69, 9.17) is 4.74 Å². The molecule has 0 aliphatic rings. The van der Waals surface area contributed by atoms with Crippen molar-refractivity contribution in [3.05, 3.63) is 29.8 Å². The number of rotatable bonds is 12. The summed E-state index contributed by atoms with van der Waals surface area (Å²) in [6.07, 6.45) is 2.61. The number of methoxy groups -OCH3 is 1. The lowest BCUT2D eigenvalue weighted by atomic mass is 10.0. The van der Waals surface area contributed by atoms with Crippen LogP contribution in [0, 0.1) is 0 Å². The van der Waals surface area contributed by atoms with Gasteiger partial charge >= 0.3 is 12.1 Å². The number of carbonyl (C=O) groups is 4. The lowest BCUT2D eigenvalue weighted by Gasteiger charge is -2.32. The summed E-state index contributed by atoms with van der Waals surface area (Å²) in [6, 6.07) is 4.95. The summed E-state index contributed by atoms with van der Waals surface area (Å²) in [5.74, 6) is -2.03. The summed E-state index contributed by atoms with van der Waals surface area (Å²) in [5, 5.41) is 15.3. The van der Waals surface area contributed by atoms with Crippen molar-refractivity contribution in [3.63, 3.8) is 0 Å². The number of phenols is 1. The number of aromatic hydroxyl groups is 1. The highest BCUT2D eigenvalue weighted by Crippen LogP contribution is 2.29. The molecule has 3 amide bonds. The summed E-state index contributed by atoms with van der Waals surface area (Å²) in [7, 11) is 1.20. The van der Waals surface area contributed by atoms with Crippen LogP contribution < -0.4 is 10.6 Å². The minimum Gasteiger partial charge on any atom is -0.508 e. The number of benzene rings is 1. The molecule has 1 unspecified atom stereocenters. The first-order valence-corrected chi connectivity index (χ1v) is 11.4. The number of para-hydroxylation sites is 1. The van der Waals surface area contributed by atoms with Crippen molar-refractivity contribution in [3.8, 4) is 5.75 Å². The Labute approximate surface area is 201 Å². The molecule has 0 aliphatic heterocycles. The van der Waals surface area contributed by atoms with Crippen molar-refractivity contribution in [1.82, 2.24) is 15.5 Å². The average molecular weight is 480 g/mol. The van der Waals surface area contributed by atoms with Gasteiger partial charge in [0.2, 0.25) is 11.8 Å². The second-order valence-corrected chi connectivity index (χ2v) is 8.76. The number of esters is 1. The zero-order chi connectivity index (χ0) is 25.7. The molecule has 1 rings (SSSR count). The normalized spacial score (nSPS) is 11.8. The highest BCUT2D eigenvalue weighted by Gasteiger charge is 2.33. The number of phenolic OH excluding ortho intramolecular Hbond substituents is 1. The van der Waals surface area contributed by atoms with Gasteiger partial charge in [-0.05, 0) is 33.3 Å². The van der Waals surface area contributed by atoms with E-state index in [1.165, 1.54) is 24.1 Å². The Morgan fingerprint density at radius 1 is 1.03 bits per heavy atom. The molecule has 0 heterocycles. The van der Waals surface area contributed by atoms with Gasteiger partial charge in [0.1, 0.15) is 30.5 Å². The van der Waals surface area contributed by atoms with Gasteiger partial charge in [0.25, 0.3) is 0 Å². The van der Waals surface area contributed by atoms with Crippen molar-refractivity contribution >= 4 is 23.9 Å². The fourth-order valence-corrected chi connectivity index (χ4v) is 3.17. The molecule has 0 spiro atoms. The topological polar surface area (TPSA) is 134 Å². The van der Waals surface area contributed by atoms with Gasteiger partial charge in [-0.15, -0.1) is 0 Å². The molecule has 0 saturated carbocycles. The molecule has 1 aromatic carbocycles. The van der Waals surface area contributed by atoms with E-state index in [1.807, 2.05) is 0 Å². The van der Waals surface area contributed by atoms with Crippen molar-refractivity contribution in [1.29, 1.82) is 0 Å². The standard InChI is InChI=1S/C24H37N3O7/c1-6-7-8-11-14-27(19(29)15-26-23(32)34-24(2,3)4)21(17-12-9-10-13-18(17)28)22(31)25-16-20(30)33-5/h9-10,12-13,21,28H,6-8,11,14-16H2,1-5H3,(H,25,31)(H,26,32). The number of alkyl carbamates (subject to hydrolysis) is 1. The molecule has 0 aliphatic carbocycles. The van der Waals surface area contributed by atoms with Crippen LogP contribution in [-0.2, 0) is 23.9 Å². The first-order valence-electron chi connectivity index (χ1n) is 11.4. The van der Waals surface area contributed by atoms with E-state index >= 15 is 0 Å². The average Bonchev–Trinajstić information content (AvgIpc) is 2.77. The number of nitrogens with zero attached hydrogens (tertiary/aromatic N) is 1. The van der Waals surface area contributed by atoms with E-state index in [0.717, 1.165) is 19.3 Å². The Bertz CT molecular complexity index is 836. The molecule has 0 fully saturated rings. The maximum Gasteiger partial charge on any atom is 0.408 e. The first kappa shape index (κ1) is 28.7. The number of unbranched alkanes of at least 4 members (excludes halogenated alkanes) is 3. The highest BCUT2D eigenvalue weighted by atomic mass is 16.6. The van der Waals surface area contributed by atoms with E-state index < -0.39 is 48.6 Å². The van der Waals surface area contributed by atoms with Gasteiger partial charge in [0.15, 0.2) is 0 Å². The smallest absolute Gasteiger partial charge is 0.408 e. The van der Waals surface area contributed by atoms with Crippen molar-refractivity contribution in [2.45, 2.75) is 65.0 Å². The Balaban J connectivity index is 3.20. The van der Waals surface area contributed by atoms with Crippen LogP contribution in [0.1, 0.15) is 65.0 Å². The number of amides is 3. The Hall–Kier alpha value is -3.30. The lowest BCUT2D eigenvalue weighted by Crippen LogP contribution is -2.48. The first-order chi connectivity index (χ1) is 16.0. The van der Waals surface area contributed by atoms with Gasteiger partial charge in [-0.3, -0.25) is 14.4 Å². The molecule has 0 aromatic heterocycles. The molecule has 0 bridgehead atoms. The maximum absolute atomic E-state index is 13.2. The molecular weight excluding hydrogens is 442 g/mol. The predicted molar refractivity (Wildman–Crippen MR) is 126 cm³/mol. The molecule has 190 valence electrons. The van der Waals surface area contributed by atoms with E-state index in [2.05, 4.69) is 22.3 Å². The molecule has 1 aromatic rings. The summed E-state index contributed by atoms with van der Waals surface area (Å²) in [6.45, 7) is 6.57. The second-order valence-electron chi connectivity index (χ2n) is 8.76. The third-order valence-corrected chi connectivity index (χ3v) is 4.78. The third kappa shape index (κ3) is 10.1. The number of nitrogens with one attached hydrogen (secondary N) is 2. The van der Waals surface area contributed by atoms with Gasteiger partial charge in [-0.1, -0.05) is 44.4 Å². The predicted octanol–water partition coefficient (Wildman–Crippen LogP) is 2.66. The van der Waals surface area contributed by atoms with Gasteiger partial charge in [0, 0.05) is 12.1 Å². The van der Waals surface area contributed by atoms with Gasteiger partial charge in [-0.2, -0.15) is 0 Å². The summed E-state index contributed by atoms with van der Waals surface area (Å²) in [5.41, 5.74) is -0.537. The van der Waals surface area contributed by atoms with Crippen LogP contribution in [0.25, 0.3) is 0 Å². The van der Waals surface area contributed by atoms with Crippen LogP contribution in [0.5, 0.6) is 5.75 Å². The largest absolute Gasteiger partial charge is 0.508 e.